The van der Waals surface area contributed by atoms with Gasteiger partial charge in [0.2, 0.25) is 5.91 Å². The molecule has 0 atom stereocenters. The van der Waals surface area contributed by atoms with Crippen LogP contribution in [0.1, 0.15) is 31.1 Å². The monoisotopic (exact) mass is 529 g/mol. The van der Waals surface area contributed by atoms with E-state index in [4.69, 9.17) is 16.3 Å². The number of hydrogen-bond acceptors (Lipinski definition) is 5. The van der Waals surface area contributed by atoms with Gasteiger partial charge in [0.05, 0.1) is 28.4 Å². The number of ether oxygens (including phenoxy) is 1. The van der Waals surface area contributed by atoms with Gasteiger partial charge in [-0.25, -0.2) is 8.42 Å². The van der Waals surface area contributed by atoms with E-state index < -0.39 is 22.5 Å². The molecular weight excluding hydrogens is 502 g/mol. The minimum absolute atomic E-state index is 0.0229. The highest BCUT2D eigenvalue weighted by atomic mass is 35.5. The number of anilines is 2. The zero-order chi connectivity index (χ0) is 26.3. The average Bonchev–Trinajstić information content (AvgIpc) is 2.83. The number of carbonyl (C=O) groups excluding carboxylic acids is 2. The maximum Gasteiger partial charge on any atom is 0.264 e. The largest absolute Gasteiger partial charge is 0.494 e. The number of nitrogens with zero attached hydrogens (tertiary/aromatic N) is 1. The van der Waals surface area contributed by atoms with Gasteiger partial charge >= 0.3 is 0 Å². The molecule has 0 saturated heterocycles. The number of sulfonamides is 1. The first-order valence-corrected chi connectivity index (χ1v) is 13.1. The fourth-order valence-corrected chi connectivity index (χ4v) is 4.92. The van der Waals surface area contributed by atoms with Crippen molar-refractivity contribution >= 4 is 44.8 Å². The van der Waals surface area contributed by atoms with Crippen LogP contribution in [0.25, 0.3) is 0 Å². The molecule has 190 valence electrons. The highest BCUT2D eigenvalue weighted by molar-refractivity contribution is 7.92. The summed E-state index contributed by atoms with van der Waals surface area (Å²) < 4.78 is 33.5. The summed E-state index contributed by atoms with van der Waals surface area (Å²) in [7, 11) is -4.13. The molecule has 0 heterocycles. The van der Waals surface area contributed by atoms with Gasteiger partial charge < -0.3 is 15.4 Å². The first-order valence-electron chi connectivity index (χ1n) is 11.3. The van der Waals surface area contributed by atoms with Gasteiger partial charge in [0.15, 0.2) is 0 Å². The van der Waals surface area contributed by atoms with Crippen molar-refractivity contribution in [2.24, 2.45) is 0 Å². The second-order valence-electron chi connectivity index (χ2n) is 8.11. The molecule has 0 aliphatic heterocycles. The van der Waals surface area contributed by atoms with Crippen LogP contribution in [-0.4, -0.2) is 39.4 Å². The predicted molar refractivity (Wildman–Crippen MR) is 141 cm³/mol. The van der Waals surface area contributed by atoms with Crippen molar-refractivity contribution in [2.75, 3.05) is 22.8 Å². The van der Waals surface area contributed by atoms with Gasteiger partial charge in [-0.05, 0) is 81.4 Å². The topological polar surface area (TPSA) is 105 Å². The Morgan fingerprint density at radius 1 is 0.972 bits per heavy atom. The van der Waals surface area contributed by atoms with Crippen LogP contribution in [0, 0.1) is 0 Å². The number of carbonyl (C=O) groups is 2. The van der Waals surface area contributed by atoms with Crippen molar-refractivity contribution in [1.29, 1.82) is 0 Å². The van der Waals surface area contributed by atoms with Gasteiger partial charge in [0, 0.05) is 11.1 Å². The molecule has 3 aromatic carbocycles. The van der Waals surface area contributed by atoms with E-state index in [-0.39, 0.29) is 33.8 Å². The third-order valence-electron chi connectivity index (χ3n) is 4.99. The fraction of sp³-hybridized carbons (Fsp3) is 0.231. The maximum atomic E-state index is 13.5. The molecule has 8 nitrogen and oxygen atoms in total. The van der Waals surface area contributed by atoms with E-state index in [2.05, 4.69) is 10.6 Å². The highest BCUT2D eigenvalue weighted by Gasteiger charge is 2.28. The van der Waals surface area contributed by atoms with Crippen molar-refractivity contribution in [1.82, 2.24) is 5.32 Å². The Labute approximate surface area is 216 Å². The summed E-state index contributed by atoms with van der Waals surface area (Å²) >= 11 is 5.93. The minimum Gasteiger partial charge on any atom is -0.494 e. The summed E-state index contributed by atoms with van der Waals surface area (Å²) in [5.41, 5.74) is 0.818. The van der Waals surface area contributed by atoms with Crippen molar-refractivity contribution in [3.05, 3.63) is 83.4 Å². The van der Waals surface area contributed by atoms with Crippen LogP contribution in [0.3, 0.4) is 0 Å². The van der Waals surface area contributed by atoms with E-state index in [0.29, 0.717) is 17.4 Å². The standard InChI is InChI=1S/C26H28ClN3O5S/c1-4-35-21-13-11-20(12-14-21)30(36(33,34)22-15-9-19(27)10-16-22)17-25(31)29-24-8-6-5-7-23(24)26(32)28-18(2)3/h5-16,18H,4,17H2,1-3H3,(H,28,32)(H,29,31). The number of rotatable bonds is 10. The molecule has 0 aromatic heterocycles. The van der Waals surface area contributed by atoms with Crippen LogP contribution >= 0.6 is 11.6 Å². The van der Waals surface area contributed by atoms with Crippen LogP contribution in [-0.2, 0) is 14.8 Å². The van der Waals surface area contributed by atoms with E-state index in [1.54, 1.807) is 48.5 Å². The Morgan fingerprint density at radius 2 is 1.61 bits per heavy atom. The molecule has 0 aliphatic carbocycles. The maximum absolute atomic E-state index is 13.5. The average molecular weight is 530 g/mol. The Bertz CT molecular complexity index is 1310. The molecule has 3 aromatic rings. The number of halogens is 1. The van der Waals surface area contributed by atoms with Gasteiger partial charge in [-0.1, -0.05) is 23.7 Å². The van der Waals surface area contributed by atoms with Gasteiger partial charge in [0.25, 0.3) is 15.9 Å². The molecular formula is C26H28ClN3O5S. The van der Waals surface area contributed by atoms with Crippen molar-refractivity contribution in [2.45, 2.75) is 31.7 Å². The second-order valence-corrected chi connectivity index (χ2v) is 10.4. The zero-order valence-electron chi connectivity index (χ0n) is 20.2. The fourth-order valence-electron chi connectivity index (χ4n) is 3.37. The molecule has 2 amide bonds. The lowest BCUT2D eigenvalue weighted by molar-refractivity contribution is -0.114. The molecule has 2 N–H and O–H groups in total. The molecule has 0 aliphatic rings. The summed E-state index contributed by atoms with van der Waals surface area (Å²) in [5.74, 6) is -0.399. The molecule has 0 fully saturated rings. The summed E-state index contributed by atoms with van der Waals surface area (Å²) in [6.07, 6.45) is 0. The Morgan fingerprint density at radius 3 is 2.22 bits per heavy atom. The van der Waals surface area contributed by atoms with Crippen molar-refractivity contribution in [3.63, 3.8) is 0 Å². The number of amides is 2. The zero-order valence-corrected chi connectivity index (χ0v) is 21.8. The van der Waals surface area contributed by atoms with Crippen LogP contribution in [0.4, 0.5) is 11.4 Å². The van der Waals surface area contributed by atoms with Gasteiger partial charge in [-0.2, -0.15) is 0 Å². The lowest BCUT2D eigenvalue weighted by Crippen LogP contribution is -2.38. The van der Waals surface area contributed by atoms with Gasteiger partial charge in [0.1, 0.15) is 12.3 Å². The number of para-hydroxylation sites is 1. The first-order chi connectivity index (χ1) is 17.1. The number of benzene rings is 3. The molecule has 0 radical (unpaired) electrons. The first kappa shape index (κ1) is 27.0. The number of hydrogen-bond donors (Lipinski definition) is 2. The molecule has 36 heavy (non-hydrogen) atoms. The number of nitrogens with one attached hydrogen (secondary N) is 2. The Balaban J connectivity index is 1.93. The van der Waals surface area contributed by atoms with Crippen LogP contribution in [0.2, 0.25) is 5.02 Å². The highest BCUT2D eigenvalue weighted by Crippen LogP contribution is 2.27. The van der Waals surface area contributed by atoms with Crippen LogP contribution in [0.5, 0.6) is 5.75 Å². The second kappa shape index (κ2) is 11.9. The molecule has 10 heteroatoms. The molecule has 0 bridgehead atoms. The van der Waals surface area contributed by atoms with E-state index in [9.17, 15) is 18.0 Å². The molecule has 0 spiro atoms. The van der Waals surface area contributed by atoms with E-state index in [1.165, 1.54) is 24.3 Å². The summed E-state index contributed by atoms with van der Waals surface area (Å²) in [6.45, 7) is 5.43. The van der Waals surface area contributed by atoms with Crippen LogP contribution in [0.15, 0.2) is 77.7 Å². The van der Waals surface area contributed by atoms with Crippen molar-refractivity contribution < 1.29 is 22.7 Å². The smallest absolute Gasteiger partial charge is 0.264 e. The molecule has 3 rings (SSSR count). The Hall–Kier alpha value is -3.56. The van der Waals surface area contributed by atoms with Gasteiger partial charge in [-0.3, -0.25) is 13.9 Å². The summed E-state index contributed by atoms with van der Waals surface area (Å²) in [6, 6.07) is 18.5. The molecule has 0 saturated carbocycles. The predicted octanol–water partition coefficient (Wildman–Crippen LogP) is 4.71. The Kier molecular flexibility index (Phi) is 8.95. The lowest BCUT2D eigenvalue weighted by atomic mass is 10.1. The summed E-state index contributed by atoms with van der Waals surface area (Å²) in [4.78, 5) is 25.6. The minimum atomic E-state index is -4.13. The van der Waals surface area contributed by atoms with Gasteiger partial charge in [-0.15, -0.1) is 0 Å². The molecule has 0 unspecified atom stereocenters. The van der Waals surface area contributed by atoms with Crippen molar-refractivity contribution in [3.8, 4) is 5.75 Å². The third-order valence-corrected chi connectivity index (χ3v) is 7.03. The van der Waals surface area contributed by atoms with E-state index in [1.807, 2.05) is 20.8 Å². The quantitative estimate of drug-likeness (QED) is 0.396. The van der Waals surface area contributed by atoms with Crippen LogP contribution < -0.4 is 19.7 Å². The normalized spacial score (nSPS) is 11.1. The lowest BCUT2D eigenvalue weighted by Gasteiger charge is -2.24. The summed E-state index contributed by atoms with van der Waals surface area (Å²) in [5, 5.41) is 5.85. The third kappa shape index (κ3) is 6.77. The van der Waals surface area contributed by atoms with E-state index in [0.717, 1.165) is 4.31 Å². The SMILES string of the molecule is CCOc1ccc(N(CC(=O)Nc2ccccc2C(=O)NC(C)C)S(=O)(=O)c2ccc(Cl)cc2)cc1. The van der Waals surface area contributed by atoms with E-state index >= 15 is 0 Å².